The molecule has 0 bridgehead atoms. The molecule has 1 aromatic heterocycles. The molecule has 0 spiro atoms. The van der Waals surface area contributed by atoms with E-state index in [0.717, 1.165) is 36.5 Å². The summed E-state index contributed by atoms with van der Waals surface area (Å²) in [5.41, 5.74) is 3.53. The maximum Gasteiger partial charge on any atom is 0.191 e. The van der Waals surface area contributed by atoms with E-state index < -0.39 is 0 Å². The van der Waals surface area contributed by atoms with Crippen molar-refractivity contribution in [2.75, 3.05) is 13.7 Å². The fourth-order valence-corrected chi connectivity index (χ4v) is 3.97. The molecule has 128 valence electrons. The number of aryl methyl sites for hydroxylation is 3. The third kappa shape index (κ3) is 3.87. The Hall–Kier alpha value is -1.66. The Kier molecular flexibility index (Phi) is 5.68. The normalized spacial score (nSPS) is 14.6. The number of ether oxygens (including phenoxy) is 1. The van der Waals surface area contributed by atoms with Gasteiger partial charge in [0.25, 0.3) is 0 Å². The highest BCUT2D eigenvalue weighted by Gasteiger charge is 2.21. The van der Waals surface area contributed by atoms with Gasteiger partial charge in [-0.2, -0.15) is 0 Å². The maximum absolute atomic E-state index is 12.7. The SMILES string of the molecule is COCCCn1cnnc1SC(C)C(=O)c1ccc2c(c1)CCC2. The van der Waals surface area contributed by atoms with Crippen molar-refractivity contribution in [1.82, 2.24) is 14.8 Å². The third-order valence-electron chi connectivity index (χ3n) is 4.36. The number of ketones is 1. The molecular weight excluding hydrogens is 322 g/mol. The van der Waals surface area contributed by atoms with Gasteiger partial charge in [-0.3, -0.25) is 4.79 Å². The van der Waals surface area contributed by atoms with Crippen LogP contribution in [0, 0.1) is 0 Å². The zero-order valence-electron chi connectivity index (χ0n) is 14.2. The van der Waals surface area contributed by atoms with Gasteiger partial charge in [0.15, 0.2) is 10.9 Å². The Bertz CT molecular complexity index is 714. The molecule has 1 aliphatic rings. The topological polar surface area (TPSA) is 57.0 Å². The number of aromatic nitrogens is 3. The van der Waals surface area contributed by atoms with Gasteiger partial charge in [-0.15, -0.1) is 10.2 Å². The maximum atomic E-state index is 12.7. The summed E-state index contributed by atoms with van der Waals surface area (Å²) >= 11 is 1.47. The molecule has 1 aromatic carbocycles. The van der Waals surface area contributed by atoms with Crippen LogP contribution in [0.3, 0.4) is 0 Å². The molecule has 6 heteroatoms. The molecule has 0 fully saturated rings. The number of thioether (sulfide) groups is 1. The minimum atomic E-state index is -0.185. The standard InChI is InChI=1S/C18H23N3O2S/c1-13(24-18-20-19-12-21(18)9-4-10-23-2)17(22)16-8-7-14-5-3-6-15(14)11-16/h7-8,11-13H,3-6,9-10H2,1-2H3. The molecule has 0 amide bonds. The Morgan fingerprint density at radius 2 is 2.21 bits per heavy atom. The van der Waals surface area contributed by atoms with Gasteiger partial charge in [0, 0.05) is 25.8 Å². The number of fused-ring (bicyclic) bond motifs is 1. The monoisotopic (exact) mass is 345 g/mol. The molecule has 1 atom stereocenters. The number of hydrogen-bond donors (Lipinski definition) is 0. The van der Waals surface area contributed by atoms with Gasteiger partial charge in [-0.05, 0) is 49.8 Å². The van der Waals surface area contributed by atoms with Crippen LogP contribution in [-0.2, 0) is 24.1 Å². The first kappa shape index (κ1) is 17.2. The number of hydrogen-bond acceptors (Lipinski definition) is 5. The van der Waals surface area contributed by atoms with E-state index in [1.165, 1.54) is 29.3 Å². The molecule has 2 aromatic rings. The molecular formula is C18H23N3O2S. The second-order valence-corrected chi connectivity index (χ2v) is 7.42. The number of carbonyl (C=O) groups excluding carboxylic acids is 1. The van der Waals surface area contributed by atoms with Gasteiger partial charge in [0.05, 0.1) is 5.25 Å². The third-order valence-corrected chi connectivity index (χ3v) is 5.46. The van der Waals surface area contributed by atoms with Crippen molar-refractivity contribution < 1.29 is 9.53 Å². The van der Waals surface area contributed by atoms with Crippen LogP contribution in [0.2, 0.25) is 0 Å². The minimum absolute atomic E-state index is 0.154. The lowest BCUT2D eigenvalue weighted by molar-refractivity contribution is 0.0993. The summed E-state index contributed by atoms with van der Waals surface area (Å²) in [6.45, 7) is 3.43. The van der Waals surface area contributed by atoms with Gasteiger partial charge >= 0.3 is 0 Å². The number of nitrogens with zero attached hydrogens (tertiary/aromatic N) is 3. The van der Waals surface area contributed by atoms with E-state index in [4.69, 9.17) is 4.74 Å². The quantitative estimate of drug-likeness (QED) is 0.418. The van der Waals surface area contributed by atoms with Gasteiger partial charge < -0.3 is 9.30 Å². The van der Waals surface area contributed by atoms with Crippen molar-refractivity contribution >= 4 is 17.5 Å². The van der Waals surface area contributed by atoms with Gasteiger partial charge in [-0.25, -0.2) is 0 Å². The highest BCUT2D eigenvalue weighted by Crippen LogP contribution is 2.27. The van der Waals surface area contributed by atoms with Crippen molar-refractivity contribution in [3.63, 3.8) is 0 Å². The van der Waals surface area contributed by atoms with E-state index in [1.54, 1.807) is 13.4 Å². The summed E-state index contributed by atoms with van der Waals surface area (Å²) in [6, 6.07) is 6.15. The van der Waals surface area contributed by atoms with Crippen LogP contribution in [-0.4, -0.2) is 39.5 Å². The molecule has 3 rings (SSSR count). The fraction of sp³-hybridized carbons (Fsp3) is 0.500. The van der Waals surface area contributed by atoms with Gasteiger partial charge in [0.2, 0.25) is 0 Å². The minimum Gasteiger partial charge on any atom is -0.385 e. The zero-order chi connectivity index (χ0) is 16.9. The Morgan fingerprint density at radius 1 is 1.38 bits per heavy atom. The average molecular weight is 345 g/mol. The van der Waals surface area contributed by atoms with Crippen molar-refractivity contribution in [2.24, 2.45) is 0 Å². The number of methoxy groups -OCH3 is 1. The van der Waals surface area contributed by atoms with Crippen LogP contribution in [0.1, 0.15) is 41.3 Å². The van der Waals surface area contributed by atoms with Crippen LogP contribution in [0.4, 0.5) is 0 Å². The van der Waals surface area contributed by atoms with Crippen LogP contribution in [0.15, 0.2) is 29.7 Å². The average Bonchev–Trinajstić information content (AvgIpc) is 3.23. The van der Waals surface area contributed by atoms with E-state index in [0.29, 0.717) is 6.61 Å². The summed E-state index contributed by atoms with van der Waals surface area (Å²) in [6.07, 6.45) is 6.03. The van der Waals surface area contributed by atoms with Gasteiger partial charge in [0.1, 0.15) is 6.33 Å². The number of Topliss-reactive ketones (excluding diaryl/α,β-unsaturated/α-hetero) is 1. The lowest BCUT2D eigenvalue weighted by atomic mass is 10.0. The van der Waals surface area contributed by atoms with Crippen LogP contribution in [0.25, 0.3) is 0 Å². The van der Waals surface area contributed by atoms with Crippen molar-refractivity contribution in [1.29, 1.82) is 0 Å². The Balaban J connectivity index is 1.65. The second kappa shape index (κ2) is 7.94. The molecule has 5 nitrogen and oxygen atoms in total. The summed E-state index contributed by atoms with van der Waals surface area (Å²) in [5, 5.41) is 8.72. The second-order valence-electron chi connectivity index (χ2n) is 6.11. The molecule has 0 N–H and O–H groups in total. The lowest BCUT2D eigenvalue weighted by Gasteiger charge is -2.12. The molecule has 1 unspecified atom stereocenters. The smallest absolute Gasteiger partial charge is 0.191 e. The van der Waals surface area contributed by atoms with Gasteiger partial charge in [-0.1, -0.05) is 23.9 Å². The first-order chi connectivity index (χ1) is 11.7. The summed E-state index contributed by atoms with van der Waals surface area (Å²) in [5.74, 6) is 0.154. The van der Waals surface area contributed by atoms with E-state index in [2.05, 4.69) is 22.3 Å². The largest absolute Gasteiger partial charge is 0.385 e. The molecule has 1 aliphatic carbocycles. The zero-order valence-corrected chi connectivity index (χ0v) is 15.0. The van der Waals surface area contributed by atoms with Crippen molar-refractivity contribution in [3.8, 4) is 0 Å². The summed E-state index contributed by atoms with van der Waals surface area (Å²) in [7, 11) is 1.69. The molecule has 0 aliphatic heterocycles. The van der Waals surface area contributed by atoms with Crippen molar-refractivity contribution in [2.45, 2.75) is 49.6 Å². The van der Waals surface area contributed by atoms with E-state index in [-0.39, 0.29) is 11.0 Å². The fourth-order valence-electron chi connectivity index (χ4n) is 3.04. The highest BCUT2D eigenvalue weighted by atomic mass is 32.2. The number of rotatable bonds is 8. The number of carbonyl (C=O) groups is 1. The molecule has 0 saturated heterocycles. The molecule has 0 saturated carbocycles. The molecule has 24 heavy (non-hydrogen) atoms. The molecule has 1 heterocycles. The highest BCUT2D eigenvalue weighted by molar-refractivity contribution is 8.00. The first-order valence-corrected chi connectivity index (χ1v) is 9.26. The summed E-state index contributed by atoms with van der Waals surface area (Å²) in [4.78, 5) is 12.7. The lowest BCUT2D eigenvalue weighted by Crippen LogP contribution is -2.15. The first-order valence-electron chi connectivity index (χ1n) is 8.38. The number of benzene rings is 1. The Labute approximate surface area is 146 Å². The van der Waals surface area contributed by atoms with E-state index in [9.17, 15) is 4.79 Å². The predicted octanol–water partition coefficient (Wildman–Crippen LogP) is 3.17. The van der Waals surface area contributed by atoms with Crippen LogP contribution < -0.4 is 0 Å². The van der Waals surface area contributed by atoms with Crippen LogP contribution >= 0.6 is 11.8 Å². The van der Waals surface area contributed by atoms with Crippen molar-refractivity contribution in [3.05, 3.63) is 41.2 Å². The van der Waals surface area contributed by atoms with Crippen LogP contribution in [0.5, 0.6) is 0 Å². The predicted molar refractivity (Wildman–Crippen MR) is 94.6 cm³/mol. The van der Waals surface area contributed by atoms with E-state index >= 15 is 0 Å². The Morgan fingerprint density at radius 3 is 3.04 bits per heavy atom. The summed E-state index contributed by atoms with van der Waals surface area (Å²) < 4.78 is 7.06. The van der Waals surface area contributed by atoms with E-state index in [1.807, 2.05) is 17.6 Å². The molecule has 0 radical (unpaired) electrons.